The van der Waals surface area contributed by atoms with E-state index in [1.807, 2.05) is 32.3 Å². The Morgan fingerprint density at radius 3 is 2.78 bits per heavy atom. The quantitative estimate of drug-likeness (QED) is 0.833. The summed E-state index contributed by atoms with van der Waals surface area (Å²) in [6, 6.07) is 8.10. The van der Waals surface area contributed by atoms with Crippen LogP contribution in [0, 0.1) is 0 Å². The molecule has 1 aromatic rings. The minimum Gasteiger partial charge on any atom is -0.354 e. The van der Waals surface area contributed by atoms with E-state index in [-0.39, 0.29) is 5.91 Å². The summed E-state index contributed by atoms with van der Waals surface area (Å²) in [7, 11) is 3.99. The van der Waals surface area contributed by atoms with Crippen molar-refractivity contribution in [3.05, 3.63) is 34.3 Å². The van der Waals surface area contributed by atoms with Crippen molar-refractivity contribution < 1.29 is 4.79 Å². The van der Waals surface area contributed by atoms with Gasteiger partial charge in [-0.25, -0.2) is 0 Å². The lowest BCUT2D eigenvalue weighted by atomic mass is 10.2. The predicted molar refractivity (Wildman–Crippen MR) is 81.9 cm³/mol. The van der Waals surface area contributed by atoms with Gasteiger partial charge < -0.3 is 10.2 Å². The zero-order valence-corrected chi connectivity index (χ0v) is 13.2. The molecule has 0 bridgehead atoms. The summed E-state index contributed by atoms with van der Waals surface area (Å²) in [5.41, 5.74) is 1.23. The molecule has 1 N–H and O–H groups in total. The normalized spacial score (nSPS) is 10.7. The number of likely N-dealkylation sites (N-methyl/N-ethyl adjacent to an activating group) is 1. The zero-order valence-electron chi connectivity index (χ0n) is 10.8. The Morgan fingerprint density at radius 1 is 1.39 bits per heavy atom. The second-order valence-corrected chi connectivity index (χ2v) is 6.08. The van der Waals surface area contributed by atoms with Crippen molar-refractivity contribution in [3.63, 3.8) is 0 Å². The Bertz CT molecular complexity index is 385. The maximum absolute atomic E-state index is 11.5. The molecular weight excluding hydrogens is 312 g/mol. The number of hydrogen-bond donors (Lipinski definition) is 1. The second kappa shape index (κ2) is 8.56. The fourth-order valence-corrected chi connectivity index (χ4v) is 2.81. The number of halogens is 1. The Morgan fingerprint density at radius 2 is 2.11 bits per heavy atom. The third-order valence-electron chi connectivity index (χ3n) is 2.33. The monoisotopic (exact) mass is 330 g/mol. The van der Waals surface area contributed by atoms with Crippen LogP contribution in [0.5, 0.6) is 0 Å². The number of thioether (sulfide) groups is 1. The Hall–Kier alpha value is -0.520. The van der Waals surface area contributed by atoms with Gasteiger partial charge in [0.15, 0.2) is 0 Å². The molecular formula is C13H19BrN2OS. The van der Waals surface area contributed by atoms with E-state index in [0.29, 0.717) is 12.3 Å². The van der Waals surface area contributed by atoms with E-state index in [0.717, 1.165) is 16.8 Å². The Labute approximate surface area is 121 Å². The molecule has 0 aliphatic rings. The molecule has 0 aromatic heterocycles. The van der Waals surface area contributed by atoms with Gasteiger partial charge in [-0.2, -0.15) is 0 Å². The van der Waals surface area contributed by atoms with Gasteiger partial charge >= 0.3 is 0 Å². The highest BCUT2D eigenvalue weighted by Crippen LogP contribution is 2.20. The van der Waals surface area contributed by atoms with Crippen LogP contribution in [0.4, 0.5) is 0 Å². The Kier molecular flexibility index (Phi) is 7.39. The molecule has 0 heterocycles. The third-order valence-corrected chi connectivity index (χ3v) is 4.08. The lowest BCUT2D eigenvalue weighted by molar-refractivity contribution is -0.118. The van der Waals surface area contributed by atoms with Crippen LogP contribution in [-0.4, -0.2) is 43.7 Å². The summed E-state index contributed by atoms with van der Waals surface area (Å²) < 4.78 is 1.10. The summed E-state index contributed by atoms with van der Waals surface area (Å²) in [5, 5.41) is 2.90. The van der Waals surface area contributed by atoms with Gasteiger partial charge in [0.25, 0.3) is 0 Å². The molecule has 1 amide bonds. The molecule has 100 valence electrons. The molecule has 1 aromatic carbocycles. The van der Waals surface area contributed by atoms with E-state index in [1.165, 1.54) is 5.56 Å². The van der Waals surface area contributed by atoms with E-state index in [2.05, 4.69) is 32.2 Å². The number of hydrogen-bond acceptors (Lipinski definition) is 3. The summed E-state index contributed by atoms with van der Waals surface area (Å²) in [5.74, 6) is 1.46. The first kappa shape index (κ1) is 15.5. The van der Waals surface area contributed by atoms with Crippen molar-refractivity contribution in [2.24, 2.45) is 0 Å². The molecule has 0 atom stereocenters. The number of amides is 1. The fraction of sp³-hybridized carbons (Fsp3) is 0.462. The van der Waals surface area contributed by atoms with Gasteiger partial charge in [-0.3, -0.25) is 4.79 Å². The molecule has 0 saturated heterocycles. The molecule has 0 fully saturated rings. The average Bonchev–Trinajstić information content (AvgIpc) is 2.31. The van der Waals surface area contributed by atoms with Gasteiger partial charge in [-0.1, -0.05) is 34.1 Å². The van der Waals surface area contributed by atoms with Gasteiger partial charge in [-0.15, -0.1) is 11.8 Å². The van der Waals surface area contributed by atoms with Crippen molar-refractivity contribution in [1.82, 2.24) is 10.2 Å². The number of carbonyl (C=O) groups excluding carboxylic acids is 1. The van der Waals surface area contributed by atoms with E-state index < -0.39 is 0 Å². The fourth-order valence-electron chi connectivity index (χ4n) is 1.34. The van der Waals surface area contributed by atoms with Crippen molar-refractivity contribution in [1.29, 1.82) is 0 Å². The SMILES string of the molecule is CN(C)CCNC(=O)CSCc1ccccc1Br. The highest BCUT2D eigenvalue weighted by atomic mass is 79.9. The molecule has 0 saturated carbocycles. The predicted octanol–water partition coefficient (Wildman–Crippen LogP) is 2.36. The van der Waals surface area contributed by atoms with Crippen LogP contribution >= 0.6 is 27.7 Å². The molecule has 3 nitrogen and oxygen atoms in total. The number of benzene rings is 1. The number of carbonyl (C=O) groups is 1. The lowest BCUT2D eigenvalue weighted by Gasteiger charge is -2.10. The van der Waals surface area contributed by atoms with Crippen LogP contribution in [0.25, 0.3) is 0 Å². The summed E-state index contributed by atoms with van der Waals surface area (Å²) in [6.45, 7) is 1.59. The molecule has 1 rings (SSSR count). The van der Waals surface area contributed by atoms with Crippen molar-refractivity contribution in [2.45, 2.75) is 5.75 Å². The highest BCUT2D eigenvalue weighted by Gasteiger charge is 2.03. The van der Waals surface area contributed by atoms with Gasteiger partial charge in [-0.05, 0) is 25.7 Å². The van der Waals surface area contributed by atoms with Gasteiger partial charge in [0, 0.05) is 23.3 Å². The van der Waals surface area contributed by atoms with Crippen LogP contribution in [0.3, 0.4) is 0 Å². The molecule has 18 heavy (non-hydrogen) atoms. The largest absolute Gasteiger partial charge is 0.354 e. The van der Waals surface area contributed by atoms with E-state index in [4.69, 9.17) is 0 Å². The Balaban J connectivity index is 2.18. The van der Waals surface area contributed by atoms with Crippen molar-refractivity contribution in [3.8, 4) is 0 Å². The van der Waals surface area contributed by atoms with E-state index in [1.54, 1.807) is 11.8 Å². The molecule has 0 spiro atoms. The first-order valence-corrected chi connectivity index (χ1v) is 7.77. The van der Waals surface area contributed by atoms with Crippen LogP contribution in [0.1, 0.15) is 5.56 Å². The molecule has 0 aliphatic heterocycles. The molecule has 0 unspecified atom stereocenters. The molecule has 5 heteroatoms. The van der Waals surface area contributed by atoms with Gasteiger partial charge in [0.05, 0.1) is 5.75 Å². The smallest absolute Gasteiger partial charge is 0.230 e. The van der Waals surface area contributed by atoms with E-state index in [9.17, 15) is 4.79 Å². The third kappa shape index (κ3) is 6.42. The van der Waals surface area contributed by atoms with E-state index >= 15 is 0 Å². The molecule has 0 radical (unpaired) electrons. The van der Waals surface area contributed by atoms with Crippen LogP contribution < -0.4 is 5.32 Å². The van der Waals surface area contributed by atoms with Crippen LogP contribution in [0.2, 0.25) is 0 Å². The minimum absolute atomic E-state index is 0.105. The molecule has 0 aliphatic carbocycles. The highest BCUT2D eigenvalue weighted by molar-refractivity contribution is 9.10. The maximum Gasteiger partial charge on any atom is 0.230 e. The zero-order chi connectivity index (χ0) is 13.4. The summed E-state index contributed by atoms with van der Waals surface area (Å²) in [6.07, 6.45) is 0. The maximum atomic E-state index is 11.5. The van der Waals surface area contributed by atoms with Crippen molar-refractivity contribution >= 4 is 33.6 Å². The first-order valence-electron chi connectivity index (χ1n) is 5.82. The second-order valence-electron chi connectivity index (χ2n) is 4.24. The standard InChI is InChI=1S/C13H19BrN2OS/c1-16(2)8-7-15-13(17)10-18-9-11-5-3-4-6-12(11)14/h3-6H,7-10H2,1-2H3,(H,15,17). The van der Waals surface area contributed by atoms with Crippen molar-refractivity contribution in [2.75, 3.05) is 32.9 Å². The summed E-state index contributed by atoms with van der Waals surface area (Å²) >= 11 is 5.13. The average molecular weight is 331 g/mol. The van der Waals surface area contributed by atoms with Crippen LogP contribution in [-0.2, 0) is 10.5 Å². The number of rotatable bonds is 7. The number of nitrogens with zero attached hydrogens (tertiary/aromatic N) is 1. The van der Waals surface area contributed by atoms with Gasteiger partial charge in [0.1, 0.15) is 0 Å². The van der Waals surface area contributed by atoms with Crippen LogP contribution in [0.15, 0.2) is 28.7 Å². The minimum atomic E-state index is 0.105. The van der Waals surface area contributed by atoms with Gasteiger partial charge in [0.2, 0.25) is 5.91 Å². The topological polar surface area (TPSA) is 32.3 Å². The first-order chi connectivity index (χ1) is 8.59. The lowest BCUT2D eigenvalue weighted by Crippen LogP contribution is -2.32. The number of nitrogens with one attached hydrogen (secondary N) is 1. The summed E-state index contributed by atoms with van der Waals surface area (Å²) in [4.78, 5) is 13.6.